The van der Waals surface area contributed by atoms with Crippen LogP contribution in [-0.2, 0) is 16.6 Å². The molecule has 1 amide bonds. The van der Waals surface area contributed by atoms with E-state index >= 15 is 0 Å². The Morgan fingerprint density at radius 3 is 2.22 bits per heavy atom. The van der Waals surface area contributed by atoms with Crippen LogP contribution in [0.5, 0.6) is 5.75 Å². The van der Waals surface area contributed by atoms with E-state index in [0.717, 1.165) is 41.9 Å². The summed E-state index contributed by atoms with van der Waals surface area (Å²) in [6.07, 6.45) is 3.52. The van der Waals surface area contributed by atoms with Gasteiger partial charge in [-0.05, 0) is 67.9 Å². The molecular weight excluding hydrogens is 474 g/mol. The number of carbonyl (C=O) groups is 2. The van der Waals surface area contributed by atoms with Crippen LogP contribution in [0.1, 0.15) is 100 Å². The normalized spacial score (nSPS) is 14.7. The number of rotatable bonds is 12. The van der Waals surface area contributed by atoms with Gasteiger partial charge in [0.1, 0.15) is 24.0 Å². The van der Waals surface area contributed by atoms with Gasteiger partial charge in [0.2, 0.25) is 0 Å². The molecule has 2 rings (SSSR count). The van der Waals surface area contributed by atoms with E-state index in [2.05, 4.69) is 38.2 Å². The summed E-state index contributed by atoms with van der Waals surface area (Å²) < 4.78 is 6.17. The van der Waals surface area contributed by atoms with Crippen molar-refractivity contribution in [2.45, 2.75) is 98.1 Å². The maximum Gasteiger partial charge on any atom is 0.325 e. The molecule has 0 fully saturated rings. The second-order valence-electron chi connectivity index (χ2n) is 10.9. The van der Waals surface area contributed by atoms with Crippen LogP contribution in [0.2, 0.25) is 0 Å². The van der Waals surface area contributed by atoms with Gasteiger partial charge < -0.3 is 20.3 Å². The molecule has 200 valence electrons. The fourth-order valence-corrected chi connectivity index (χ4v) is 5.38. The number of nitrogens with one attached hydrogen (secondary N) is 1. The molecule has 2 aromatic rings. The molecule has 0 bridgehead atoms. The summed E-state index contributed by atoms with van der Waals surface area (Å²) in [5, 5.41) is 22.5. The molecular formula is C29H43NO5S. The lowest BCUT2D eigenvalue weighted by Gasteiger charge is -2.37. The zero-order chi connectivity index (χ0) is 27.3. The van der Waals surface area contributed by atoms with E-state index in [1.807, 2.05) is 39.8 Å². The molecule has 1 unspecified atom stereocenters. The lowest BCUT2D eigenvalue weighted by Crippen LogP contribution is -2.45. The molecule has 0 aliphatic rings. The highest BCUT2D eigenvalue weighted by molar-refractivity contribution is 7.14. The maximum absolute atomic E-state index is 12.6. The zero-order valence-electron chi connectivity index (χ0n) is 23.0. The van der Waals surface area contributed by atoms with E-state index in [0.29, 0.717) is 4.88 Å². The largest absolute Gasteiger partial charge is 0.490 e. The Bertz CT molecular complexity index is 1050. The molecule has 36 heavy (non-hydrogen) atoms. The number of aliphatic carboxylic acids is 1. The van der Waals surface area contributed by atoms with Crippen molar-refractivity contribution in [2.75, 3.05) is 6.61 Å². The van der Waals surface area contributed by atoms with E-state index in [4.69, 9.17) is 9.84 Å². The maximum atomic E-state index is 12.6. The molecule has 0 aliphatic heterocycles. The first-order valence-electron chi connectivity index (χ1n) is 12.8. The van der Waals surface area contributed by atoms with E-state index < -0.39 is 17.6 Å². The average Bonchev–Trinajstić information content (AvgIpc) is 3.30. The summed E-state index contributed by atoms with van der Waals surface area (Å²) >= 11 is 1.42. The summed E-state index contributed by atoms with van der Waals surface area (Å²) in [4.78, 5) is 25.3. The quantitative estimate of drug-likeness (QED) is 0.312. The minimum atomic E-state index is -1.06. The molecule has 0 spiro atoms. The number of aryl methyl sites for hydroxylation is 1. The van der Waals surface area contributed by atoms with Crippen molar-refractivity contribution in [3.8, 4) is 5.75 Å². The Kier molecular flexibility index (Phi) is 9.77. The van der Waals surface area contributed by atoms with Crippen LogP contribution in [0.25, 0.3) is 0 Å². The fraction of sp³-hybridized carbons (Fsp3) is 0.586. The number of hydrogen-bond donors (Lipinski definition) is 3. The predicted octanol–water partition coefficient (Wildman–Crippen LogP) is 6.19. The van der Waals surface area contributed by atoms with E-state index in [-0.39, 0.29) is 23.3 Å². The van der Waals surface area contributed by atoms with E-state index in [1.165, 1.54) is 23.8 Å². The SMILES string of the molecule is CCCc1cc(C(CC)(CC)c2ccc(C(=O)N[C@H](C)C(=O)O)s2)ccc1OCC(C)(O)C(C)(C)C. The average molecular weight is 518 g/mol. The first-order valence-corrected chi connectivity index (χ1v) is 13.7. The Morgan fingerprint density at radius 1 is 1.06 bits per heavy atom. The van der Waals surface area contributed by atoms with Crippen LogP contribution in [0.15, 0.2) is 30.3 Å². The Morgan fingerprint density at radius 2 is 1.69 bits per heavy atom. The van der Waals surface area contributed by atoms with Gasteiger partial charge in [-0.25, -0.2) is 0 Å². The van der Waals surface area contributed by atoms with Gasteiger partial charge in [0.15, 0.2) is 0 Å². The molecule has 2 atom stereocenters. The molecule has 6 nitrogen and oxygen atoms in total. The van der Waals surface area contributed by atoms with Crippen LogP contribution < -0.4 is 10.1 Å². The number of amides is 1. The number of carboxylic acid groups (broad SMARTS) is 1. The van der Waals surface area contributed by atoms with Gasteiger partial charge in [-0.2, -0.15) is 0 Å². The van der Waals surface area contributed by atoms with Crippen molar-refractivity contribution in [1.29, 1.82) is 0 Å². The molecule has 1 aromatic carbocycles. The van der Waals surface area contributed by atoms with E-state index in [9.17, 15) is 14.7 Å². The summed E-state index contributed by atoms with van der Waals surface area (Å²) in [7, 11) is 0. The number of carbonyl (C=O) groups excluding carboxylic acids is 1. The molecule has 1 aromatic heterocycles. The summed E-state index contributed by atoms with van der Waals surface area (Å²) in [6.45, 7) is 15.9. The molecule has 0 radical (unpaired) electrons. The molecule has 7 heteroatoms. The third-order valence-corrected chi connectivity index (χ3v) is 8.77. The topological polar surface area (TPSA) is 95.9 Å². The number of hydrogen-bond acceptors (Lipinski definition) is 5. The summed E-state index contributed by atoms with van der Waals surface area (Å²) in [5.41, 5.74) is 0.703. The zero-order valence-corrected chi connectivity index (χ0v) is 23.8. The number of carboxylic acids is 1. The molecule has 0 aliphatic carbocycles. The van der Waals surface area contributed by atoms with Crippen LogP contribution in [-0.4, -0.2) is 40.3 Å². The highest BCUT2D eigenvalue weighted by Crippen LogP contribution is 2.43. The van der Waals surface area contributed by atoms with Gasteiger partial charge >= 0.3 is 5.97 Å². The van der Waals surface area contributed by atoms with Crippen molar-refractivity contribution in [2.24, 2.45) is 5.41 Å². The van der Waals surface area contributed by atoms with Crippen LogP contribution in [0.4, 0.5) is 0 Å². The predicted molar refractivity (Wildman–Crippen MR) is 146 cm³/mol. The number of ether oxygens (including phenoxy) is 1. The lowest BCUT2D eigenvalue weighted by atomic mass is 9.74. The highest BCUT2D eigenvalue weighted by atomic mass is 32.1. The van der Waals surface area contributed by atoms with Crippen LogP contribution in [0, 0.1) is 5.41 Å². The minimum absolute atomic E-state index is 0.206. The summed E-state index contributed by atoms with van der Waals surface area (Å²) in [6, 6.07) is 9.14. The molecule has 3 N–H and O–H groups in total. The van der Waals surface area contributed by atoms with Crippen molar-refractivity contribution in [1.82, 2.24) is 5.32 Å². The molecule has 1 heterocycles. The third-order valence-electron chi connectivity index (χ3n) is 7.48. The van der Waals surface area contributed by atoms with Gasteiger partial charge in [-0.15, -0.1) is 11.3 Å². The highest BCUT2D eigenvalue weighted by Gasteiger charge is 2.37. The smallest absolute Gasteiger partial charge is 0.325 e. The number of aliphatic hydroxyl groups is 1. The van der Waals surface area contributed by atoms with Crippen molar-refractivity contribution in [3.63, 3.8) is 0 Å². The number of thiophene rings is 1. The van der Waals surface area contributed by atoms with Crippen molar-refractivity contribution in [3.05, 3.63) is 51.2 Å². The first-order chi connectivity index (χ1) is 16.7. The van der Waals surface area contributed by atoms with Gasteiger partial charge in [0.25, 0.3) is 5.91 Å². The fourth-order valence-electron chi connectivity index (χ4n) is 4.11. The van der Waals surface area contributed by atoms with Crippen molar-refractivity contribution < 1.29 is 24.5 Å². The second kappa shape index (κ2) is 11.8. The Labute approximate surface area is 220 Å². The van der Waals surface area contributed by atoms with Gasteiger partial charge in [-0.1, -0.05) is 60.1 Å². The van der Waals surface area contributed by atoms with Crippen LogP contribution in [0.3, 0.4) is 0 Å². The second-order valence-corrected chi connectivity index (χ2v) is 12.0. The van der Waals surface area contributed by atoms with Crippen molar-refractivity contribution >= 4 is 23.2 Å². The Balaban J connectivity index is 2.42. The molecule has 0 saturated carbocycles. The number of benzene rings is 1. The van der Waals surface area contributed by atoms with E-state index in [1.54, 1.807) is 6.07 Å². The lowest BCUT2D eigenvalue weighted by molar-refractivity contribution is -0.138. The third kappa shape index (κ3) is 6.48. The molecule has 0 saturated heterocycles. The summed E-state index contributed by atoms with van der Waals surface area (Å²) in [5.74, 6) is -0.643. The monoisotopic (exact) mass is 517 g/mol. The van der Waals surface area contributed by atoms with Crippen LogP contribution >= 0.6 is 11.3 Å². The standard InChI is InChI=1S/C29H43NO5S/c1-9-12-20-17-21(13-14-22(20)35-18-28(8,34)27(5,6)7)29(10-2,11-3)24-16-15-23(36-24)25(31)30-19(4)26(32)33/h13-17,19,34H,9-12,18H2,1-8H3,(H,30,31)(H,32,33)/t19-,28?/m1/s1. The first kappa shape index (κ1) is 29.8. The van der Waals surface area contributed by atoms with Gasteiger partial charge in [0.05, 0.1) is 4.88 Å². The van der Waals surface area contributed by atoms with Gasteiger partial charge in [-0.3, -0.25) is 9.59 Å². The minimum Gasteiger partial charge on any atom is -0.490 e. The Hall–Kier alpha value is -2.38. The van der Waals surface area contributed by atoms with Gasteiger partial charge in [0, 0.05) is 10.3 Å².